The van der Waals surface area contributed by atoms with E-state index in [0.717, 1.165) is 26.2 Å². The number of carbonyl (C=O) groups excluding carboxylic acids is 2. The predicted molar refractivity (Wildman–Crippen MR) is 142 cm³/mol. The minimum Gasteiger partial charge on any atom is -1.00 e. The number of carbonyl (C=O) groups is 2. The molecule has 10 heteroatoms. The number of hydrogen-bond donors (Lipinski definition) is 1. The van der Waals surface area contributed by atoms with Gasteiger partial charge >= 0.3 is 0 Å². The number of aliphatic hydroxyl groups excluding tert-OH is 1. The van der Waals surface area contributed by atoms with E-state index in [4.69, 9.17) is 5.11 Å². The Morgan fingerprint density at radius 3 is 2.42 bits per heavy atom. The lowest BCUT2D eigenvalue weighted by atomic mass is 9.94. The van der Waals surface area contributed by atoms with E-state index in [9.17, 15) is 9.59 Å². The molecule has 0 saturated carbocycles. The first-order valence-corrected chi connectivity index (χ1v) is 12.5. The number of hydrogen-bond acceptors (Lipinski definition) is 6. The first kappa shape index (κ1) is 25.7. The van der Waals surface area contributed by atoms with Crippen molar-refractivity contribution in [1.29, 1.82) is 0 Å². The van der Waals surface area contributed by atoms with Crippen LogP contribution in [0.25, 0.3) is 21.0 Å². The van der Waals surface area contributed by atoms with E-state index in [-0.39, 0.29) is 23.6 Å². The molecule has 0 unspecified atom stereocenters. The maximum absolute atomic E-state index is 13.5. The summed E-state index contributed by atoms with van der Waals surface area (Å²) in [4.78, 5) is 32.1. The number of halogens is 1. The lowest BCUT2D eigenvalue weighted by Gasteiger charge is -2.23. The Hall–Kier alpha value is -3.99. The molecule has 0 fully saturated rings. The highest BCUT2D eigenvalue weighted by Gasteiger charge is 2.33. The molecule has 1 aliphatic heterocycles. The molecule has 5 aromatic rings. The number of para-hydroxylation sites is 1. The van der Waals surface area contributed by atoms with Gasteiger partial charge in [0, 0.05) is 41.7 Å². The third kappa shape index (κ3) is 4.36. The molecule has 0 bridgehead atoms. The van der Waals surface area contributed by atoms with Gasteiger partial charge in [-0.25, -0.2) is 4.57 Å². The fraction of sp³-hybridized carbons (Fsp3) is 0.107. The standard InChI is InChI=1S/C28H22N5O3S.BrH/c1-31-23-7-2-3-8-24(23)37-28(31)30-33-26(35)20-6-4-5-19-22(10-9-21(25(19)20)27(33)36)29-17-18-11-13-32(14-12-18)15-16-34;/h2-14,17,34H,15-16H2,1H3;1H/q+1;/p-1/b29-17?,30-28-;. The fourth-order valence-electron chi connectivity index (χ4n) is 4.50. The van der Waals surface area contributed by atoms with Crippen molar-refractivity contribution >= 4 is 56.0 Å². The highest BCUT2D eigenvalue weighted by molar-refractivity contribution is 7.16. The van der Waals surface area contributed by atoms with E-state index in [1.807, 2.05) is 71.0 Å². The molecule has 0 radical (unpaired) electrons. The zero-order chi connectivity index (χ0) is 25.5. The summed E-state index contributed by atoms with van der Waals surface area (Å²) in [6.45, 7) is 0.599. The van der Waals surface area contributed by atoms with Crippen molar-refractivity contribution in [2.45, 2.75) is 6.54 Å². The normalized spacial score (nSPS) is 13.6. The molecule has 8 nitrogen and oxygen atoms in total. The maximum Gasteiger partial charge on any atom is 0.282 e. The zero-order valence-electron chi connectivity index (χ0n) is 20.3. The Balaban J connectivity index is 0.00000294. The van der Waals surface area contributed by atoms with Crippen LogP contribution in [-0.4, -0.2) is 39.3 Å². The lowest BCUT2D eigenvalue weighted by Crippen LogP contribution is -3.00. The predicted octanol–water partition coefficient (Wildman–Crippen LogP) is 0.539. The van der Waals surface area contributed by atoms with E-state index >= 15 is 0 Å². The van der Waals surface area contributed by atoms with E-state index in [1.165, 1.54) is 11.3 Å². The van der Waals surface area contributed by atoms with Gasteiger partial charge in [0.05, 0.1) is 27.0 Å². The Kier molecular flexibility index (Phi) is 7.02. The molecular weight excluding hydrogens is 566 g/mol. The largest absolute Gasteiger partial charge is 1.00 e. The van der Waals surface area contributed by atoms with Crippen LogP contribution in [0.1, 0.15) is 26.3 Å². The maximum atomic E-state index is 13.5. The van der Waals surface area contributed by atoms with Crippen molar-refractivity contribution in [3.8, 4) is 0 Å². The molecule has 0 aliphatic carbocycles. The fourth-order valence-corrected chi connectivity index (χ4v) is 5.51. The number of imide groups is 1. The van der Waals surface area contributed by atoms with Gasteiger partial charge in [-0.2, -0.15) is 5.01 Å². The number of aromatic nitrogens is 2. The summed E-state index contributed by atoms with van der Waals surface area (Å²) >= 11 is 1.42. The van der Waals surface area contributed by atoms with Gasteiger partial charge in [-0.15, -0.1) is 5.10 Å². The summed E-state index contributed by atoms with van der Waals surface area (Å²) < 4.78 is 4.78. The first-order valence-electron chi connectivity index (χ1n) is 11.7. The molecule has 0 saturated heterocycles. The highest BCUT2D eigenvalue weighted by Crippen LogP contribution is 2.35. The van der Waals surface area contributed by atoms with E-state index in [2.05, 4.69) is 10.1 Å². The smallest absolute Gasteiger partial charge is 0.282 e. The van der Waals surface area contributed by atoms with Crippen molar-refractivity contribution in [1.82, 2.24) is 9.58 Å². The summed E-state index contributed by atoms with van der Waals surface area (Å²) in [5, 5.41) is 15.9. The number of aliphatic hydroxyl groups is 1. The Bertz CT molecular complexity index is 1790. The number of pyridine rings is 1. The molecule has 0 spiro atoms. The van der Waals surface area contributed by atoms with Gasteiger partial charge in [0.15, 0.2) is 18.9 Å². The van der Waals surface area contributed by atoms with Crippen molar-refractivity contribution in [3.63, 3.8) is 0 Å². The number of nitrogens with zero attached hydrogens (tertiary/aromatic N) is 5. The second kappa shape index (κ2) is 10.4. The van der Waals surface area contributed by atoms with Crippen molar-refractivity contribution in [3.05, 3.63) is 101 Å². The zero-order valence-corrected chi connectivity index (χ0v) is 22.7. The quantitative estimate of drug-likeness (QED) is 0.185. The second-order valence-electron chi connectivity index (χ2n) is 8.64. The highest BCUT2D eigenvalue weighted by atomic mass is 79.9. The number of fused-ring (bicyclic) bond motifs is 1. The number of aryl methyl sites for hydroxylation is 1. The Labute approximate surface area is 232 Å². The molecule has 38 heavy (non-hydrogen) atoms. The summed E-state index contributed by atoms with van der Waals surface area (Å²) in [6.07, 6.45) is 5.49. The molecule has 3 aromatic carbocycles. The molecule has 0 atom stereocenters. The monoisotopic (exact) mass is 587 g/mol. The van der Waals surface area contributed by atoms with Gasteiger partial charge in [-0.1, -0.05) is 35.6 Å². The summed E-state index contributed by atoms with van der Waals surface area (Å²) in [5.74, 6) is -0.920. The molecule has 190 valence electrons. The number of thiazole rings is 1. The molecule has 1 N–H and O–H groups in total. The van der Waals surface area contributed by atoms with Crippen molar-refractivity contribution in [2.75, 3.05) is 6.61 Å². The number of aliphatic imine (C=N–C) groups is 1. The minimum absolute atomic E-state index is 0. The summed E-state index contributed by atoms with van der Waals surface area (Å²) in [6, 6.07) is 20.6. The molecule has 1 aliphatic rings. The lowest BCUT2D eigenvalue weighted by molar-refractivity contribution is -0.698. The van der Waals surface area contributed by atoms with Gasteiger partial charge in [0.25, 0.3) is 11.8 Å². The average molecular weight is 588 g/mol. The van der Waals surface area contributed by atoms with Gasteiger partial charge < -0.3 is 26.7 Å². The minimum atomic E-state index is -0.460. The van der Waals surface area contributed by atoms with Crippen LogP contribution in [0.5, 0.6) is 0 Å². The number of benzene rings is 3. The van der Waals surface area contributed by atoms with E-state index < -0.39 is 11.8 Å². The second-order valence-corrected chi connectivity index (χ2v) is 9.65. The van der Waals surface area contributed by atoms with Crippen LogP contribution in [0, 0.1) is 0 Å². The van der Waals surface area contributed by atoms with Crippen LogP contribution in [0.2, 0.25) is 0 Å². The van der Waals surface area contributed by atoms with Gasteiger partial charge in [-0.05, 0) is 30.3 Å². The van der Waals surface area contributed by atoms with Crippen molar-refractivity contribution in [2.24, 2.45) is 17.1 Å². The van der Waals surface area contributed by atoms with E-state index in [1.54, 1.807) is 30.5 Å². The van der Waals surface area contributed by atoms with Crippen LogP contribution < -0.4 is 26.3 Å². The molecule has 2 aromatic heterocycles. The van der Waals surface area contributed by atoms with Crippen LogP contribution in [0.3, 0.4) is 0 Å². The summed E-state index contributed by atoms with van der Waals surface area (Å²) in [5.41, 5.74) is 3.37. The third-order valence-electron chi connectivity index (χ3n) is 6.39. The van der Waals surface area contributed by atoms with Crippen LogP contribution in [0.4, 0.5) is 5.69 Å². The van der Waals surface area contributed by atoms with Crippen LogP contribution >= 0.6 is 11.3 Å². The molecule has 2 amide bonds. The molecule has 6 rings (SSSR count). The Morgan fingerprint density at radius 2 is 1.68 bits per heavy atom. The third-order valence-corrected chi connectivity index (χ3v) is 7.49. The van der Waals surface area contributed by atoms with Crippen LogP contribution in [-0.2, 0) is 13.6 Å². The topological polar surface area (TPSA) is 91.1 Å². The van der Waals surface area contributed by atoms with E-state index in [0.29, 0.717) is 33.5 Å². The number of rotatable bonds is 5. The number of amides is 2. The van der Waals surface area contributed by atoms with Crippen molar-refractivity contribution < 1.29 is 36.2 Å². The SMILES string of the molecule is Cn1/c(=N/N2C(=O)c3cccc4c(N=Cc5cc[n+](CCO)cc5)ccc(c34)C2=O)sc2ccccc21.[Br-]. The first-order chi connectivity index (χ1) is 18.0. The molecule has 3 heterocycles. The Morgan fingerprint density at radius 1 is 0.947 bits per heavy atom. The summed E-state index contributed by atoms with van der Waals surface area (Å²) in [7, 11) is 1.87. The van der Waals surface area contributed by atoms with Gasteiger partial charge in [0.1, 0.15) is 6.61 Å². The van der Waals surface area contributed by atoms with Gasteiger partial charge in [-0.3, -0.25) is 14.6 Å². The average Bonchev–Trinajstić information content (AvgIpc) is 3.24. The van der Waals surface area contributed by atoms with Gasteiger partial charge in [0.2, 0.25) is 4.80 Å². The molecular formula is C28H22BrN5O3S. The van der Waals surface area contributed by atoms with Crippen LogP contribution in [0.15, 0.2) is 89.2 Å².